The lowest BCUT2D eigenvalue weighted by Crippen LogP contribution is -2.51. The van der Waals surface area contributed by atoms with E-state index in [1.165, 1.54) is 6.42 Å². The molecule has 0 amide bonds. The van der Waals surface area contributed by atoms with Gasteiger partial charge >= 0.3 is 0 Å². The quantitative estimate of drug-likeness (QED) is 0.814. The van der Waals surface area contributed by atoms with E-state index in [1.807, 2.05) is 0 Å². The zero-order valence-corrected chi connectivity index (χ0v) is 14.2. The predicted octanol–water partition coefficient (Wildman–Crippen LogP) is 1.95. The van der Waals surface area contributed by atoms with Crippen LogP contribution >= 0.6 is 0 Å². The van der Waals surface area contributed by atoms with Crippen molar-refractivity contribution in [2.24, 2.45) is 11.7 Å². The zero-order chi connectivity index (χ0) is 15.3. The van der Waals surface area contributed by atoms with E-state index < -0.39 is 10.2 Å². The highest BCUT2D eigenvalue weighted by atomic mass is 32.2. The van der Waals surface area contributed by atoms with Crippen molar-refractivity contribution in [3.8, 4) is 0 Å². The first-order chi connectivity index (χ1) is 10.1. The van der Waals surface area contributed by atoms with Crippen LogP contribution in [-0.2, 0) is 10.2 Å². The largest absolute Gasteiger partial charge is 0.330 e. The van der Waals surface area contributed by atoms with Crippen LogP contribution in [0.15, 0.2) is 0 Å². The second-order valence-electron chi connectivity index (χ2n) is 6.63. The van der Waals surface area contributed by atoms with Gasteiger partial charge in [-0.1, -0.05) is 26.2 Å². The Bertz CT molecular complexity index is 399. The predicted molar refractivity (Wildman–Crippen MR) is 86.1 cm³/mol. The Morgan fingerprint density at radius 2 is 1.71 bits per heavy atom. The lowest BCUT2D eigenvalue weighted by Gasteiger charge is -2.39. The molecule has 2 aliphatic rings. The summed E-state index contributed by atoms with van der Waals surface area (Å²) >= 11 is 0. The second kappa shape index (κ2) is 7.90. The summed E-state index contributed by atoms with van der Waals surface area (Å²) in [6.07, 6.45) is 8.26. The standard InChI is InChI=1S/C15H31N3O2S/c1-14-8-12-17(13-9-14)21(19,20)18(11-5-10-16)15-6-3-2-4-7-15/h14-15H,2-13,16H2,1H3. The number of nitrogens with zero attached hydrogens (tertiary/aromatic N) is 2. The Hall–Kier alpha value is -0.170. The van der Waals surface area contributed by atoms with Crippen LogP contribution in [0.3, 0.4) is 0 Å². The van der Waals surface area contributed by atoms with Gasteiger partial charge in [-0.2, -0.15) is 17.0 Å². The van der Waals surface area contributed by atoms with Crippen LogP contribution in [0.2, 0.25) is 0 Å². The van der Waals surface area contributed by atoms with E-state index in [0.29, 0.717) is 32.1 Å². The van der Waals surface area contributed by atoms with Crippen molar-refractivity contribution >= 4 is 10.2 Å². The fraction of sp³-hybridized carbons (Fsp3) is 1.00. The first kappa shape index (κ1) is 17.2. The third kappa shape index (κ3) is 4.41. The van der Waals surface area contributed by atoms with Crippen molar-refractivity contribution in [2.45, 2.75) is 64.3 Å². The van der Waals surface area contributed by atoms with Crippen molar-refractivity contribution in [2.75, 3.05) is 26.2 Å². The summed E-state index contributed by atoms with van der Waals surface area (Å²) in [4.78, 5) is 0. The minimum Gasteiger partial charge on any atom is -0.330 e. The molecule has 6 heteroatoms. The summed E-state index contributed by atoms with van der Waals surface area (Å²) in [5.74, 6) is 0.642. The lowest BCUT2D eigenvalue weighted by atomic mass is 9.95. The molecule has 0 unspecified atom stereocenters. The molecule has 21 heavy (non-hydrogen) atoms. The molecule has 0 aromatic heterocycles. The second-order valence-corrected chi connectivity index (χ2v) is 8.52. The first-order valence-electron chi connectivity index (χ1n) is 8.52. The molecule has 1 saturated heterocycles. The zero-order valence-electron chi connectivity index (χ0n) is 13.3. The van der Waals surface area contributed by atoms with Crippen LogP contribution in [0.4, 0.5) is 0 Å². The van der Waals surface area contributed by atoms with E-state index in [0.717, 1.165) is 44.9 Å². The van der Waals surface area contributed by atoms with Gasteiger partial charge in [0.1, 0.15) is 0 Å². The van der Waals surface area contributed by atoms with Crippen molar-refractivity contribution in [3.63, 3.8) is 0 Å². The van der Waals surface area contributed by atoms with Crippen LogP contribution in [0.5, 0.6) is 0 Å². The molecule has 2 fully saturated rings. The van der Waals surface area contributed by atoms with Gasteiger partial charge in [0.15, 0.2) is 0 Å². The van der Waals surface area contributed by atoms with Crippen molar-refractivity contribution in [1.82, 2.24) is 8.61 Å². The molecule has 0 aromatic rings. The maximum Gasteiger partial charge on any atom is 0.282 e. The molecular weight excluding hydrogens is 286 g/mol. The molecule has 1 saturated carbocycles. The smallest absolute Gasteiger partial charge is 0.282 e. The van der Waals surface area contributed by atoms with Gasteiger partial charge in [-0.25, -0.2) is 0 Å². The first-order valence-corrected chi connectivity index (χ1v) is 9.92. The maximum absolute atomic E-state index is 13.0. The highest BCUT2D eigenvalue weighted by Gasteiger charge is 2.36. The fourth-order valence-electron chi connectivity index (χ4n) is 3.47. The lowest BCUT2D eigenvalue weighted by molar-refractivity contribution is 0.215. The molecule has 0 atom stereocenters. The highest BCUT2D eigenvalue weighted by molar-refractivity contribution is 7.86. The number of hydrogen-bond acceptors (Lipinski definition) is 3. The molecular formula is C15H31N3O2S. The Morgan fingerprint density at radius 3 is 2.29 bits per heavy atom. The van der Waals surface area contributed by atoms with Crippen LogP contribution in [-0.4, -0.2) is 49.2 Å². The van der Waals surface area contributed by atoms with Gasteiger partial charge in [-0.15, -0.1) is 0 Å². The molecule has 0 radical (unpaired) electrons. The number of piperidine rings is 1. The molecule has 1 aliphatic carbocycles. The number of hydrogen-bond donors (Lipinski definition) is 1. The Balaban J connectivity index is 2.09. The summed E-state index contributed by atoms with van der Waals surface area (Å²) in [7, 11) is -3.31. The summed E-state index contributed by atoms with van der Waals surface area (Å²) in [5, 5.41) is 0. The molecule has 1 heterocycles. The molecule has 0 spiro atoms. The van der Waals surface area contributed by atoms with Gasteiger partial charge in [-0.3, -0.25) is 0 Å². The Labute approximate surface area is 130 Å². The minimum atomic E-state index is -3.31. The summed E-state index contributed by atoms with van der Waals surface area (Å²) in [6.45, 7) is 4.69. The third-order valence-corrected chi connectivity index (χ3v) is 7.02. The Morgan fingerprint density at radius 1 is 1.10 bits per heavy atom. The number of nitrogens with two attached hydrogens (primary N) is 1. The molecule has 124 valence electrons. The molecule has 0 bridgehead atoms. The maximum atomic E-state index is 13.0. The highest BCUT2D eigenvalue weighted by Crippen LogP contribution is 2.28. The normalized spacial score (nSPS) is 23.8. The molecule has 2 N–H and O–H groups in total. The monoisotopic (exact) mass is 317 g/mol. The van der Waals surface area contributed by atoms with Crippen LogP contribution in [0.1, 0.15) is 58.3 Å². The van der Waals surface area contributed by atoms with Gasteiger partial charge in [0.2, 0.25) is 0 Å². The number of rotatable bonds is 6. The van der Waals surface area contributed by atoms with Crippen LogP contribution in [0, 0.1) is 5.92 Å². The van der Waals surface area contributed by atoms with Gasteiger partial charge < -0.3 is 5.73 Å². The average molecular weight is 317 g/mol. The van der Waals surface area contributed by atoms with E-state index >= 15 is 0 Å². The van der Waals surface area contributed by atoms with Crippen LogP contribution < -0.4 is 5.73 Å². The van der Waals surface area contributed by atoms with Crippen LogP contribution in [0.25, 0.3) is 0 Å². The minimum absolute atomic E-state index is 0.189. The van der Waals surface area contributed by atoms with E-state index in [2.05, 4.69) is 6.92 Å². The molecule has 1 aliphatic heterocycles. The topological polar surface area (TPSA) is 66.6 Å². The van der Waals surface area contributed by atoms with E-state index in [4.69, 9.17) is 5.73 Å². The average Bonchev–Trinajstić information content (AvgIpc) is 2.49. The van der Waals surface area contributed by atoms with E-state index in [-0.39, 0.29) is 6.04 Å². The Kier molecular flexibility index (Phi) is 6.47. The van der Waals surface area contributed by atoms with Gasteiger partial charge in [-0.05, 0) is 44.6 Å². The third-order valence-electron chi connectivity index (χ3n) is 4.93. The summed E-state index contributed by atoms with van der Waals surface area (Å²) in [6, 6.07) is 0.189. The molecule has 2 rings (SSSR count). The van der Waals surface area contributed by atoms with Crippen molar-refractivity contribution in [3.05, 3.63) is 0 Å². The SMILES string of the molecule is CC1CCN(S(=O)(=O)N(CCCN)C2CCCCC2)CC1. The van der Waals surface area contributed by atoms with E-state index in [9.17, 15) is 8.42 Å². The van der Waals surface area contributed by atoms with Crippen molar-refractivity contribution < 1.29 is 8.42 Å². The van der Waals surface area contributed by atoms with Gasteiger partial charge in [0.05, 0.1) is 0 Å². The molecule has 5 nitrogen and oxygen atoms in total. The van der Waals surface area contributed by atoms with Gasteiger partial charge in [0, 0.05) is 25.7 Å². The fourth-order valence-corrected chi connectivity index (χ4v) is 5.38. The van der Waals surface area contributed by atoms with Gasteiger partial charge in [0.25, 0.3) is 10.2 Å². The van der Waals surface area contributed by atoms with Crippen molar-refractivity contribution in [1.29, 1.82) is 0 Å². The molecule has 0 aromatic carbocycles. The van der Waals surface area contributed by atoms with E-state index in [1.54, 1.807) is 8.61 Å². The summed E-state index contributed by atoms with van der Waals surface area (Å²) < 4.78 is 29.5. The summed E-state index contributed by atoms with van der Waals surface area (Å²) in [5.41, 5.74) is 5.61.